The lowest BCUT2D eigenvalue weighted by Gasteiger charge is -2.35. The summed E-state index contributed by atoms with van der Waals surface area (Å²) in [5, 5.41) is 8.66. The van der Waals surface area contributed by atoms with Crippen molar-refractivity contribution >= 4 is 34.9 Å². The topological polar surface area (TPSA) is 87.5 Å². The van der Waals surface area contributed by atoms with Crippen LogP contribution in [-0.2, 0) is 4.79 Å². The minimum Gasteiger partial charge on any atom is -0.493 e. The molecule has 2 aliphatic rings. The Morgan fingerprint density at radius 1 is 1.03 bits per heavy atom. The van der Waals surface area contributed by atoms with Gasteiger partial charge in [-0.05, 0) is 42.2 Å². The van der Waals surface area contributed by atoms with Gasteiger partial charge in [0.25, 0.3) is 0 Å². The molecule has 0 saturated carbocycles. The van der Waals surface area contributed by atoms with E-state index in [0.29, 0.717) is 51.7 Å². The lowest BCUT2D eigenvalue weighted by molar-refractivity contribution is -0.116. The molecule has 0 radical (unpaired) electrons. The Balaban J connectivity index is 1.59. The van der Waals surface area contributed by atoms with E-state index in [9.17, 15) is 4.79 Å². The zero-order valence-corrected chi connectivity index (χ0v) is 20.3. The minimum atomic E-state index is -0.494. The number of ketones is 1. The van der Waals surface area contributed by atoms with Gasteiger partial charge in [0, 0.05) is 33.3 Å². The number of methoxy groups -OCH3 is 3. The van der Waals surface area contributed by atoms with Crippen LogP contribution < -0.4 is 19.5 Å². The lowest BCUT2D eigenvalue weighted by Crippen LogP contribution is -2.33. The Morgan fingerprint density at radius 3 is 2.41 bits per heavy atom. The van der Waals surface area contributed by atoms with Crippen molar-refractivity contribution in [3.63, 3.8) is 0 Å². The summed E-state index contributed by atoms with van der Waals surface area (Å²) in [6.07, 6.45) is 2.36. The number of hydrogen-bond acceptors (Lipinski definition) is 7. The minimum absolute atomic E-state index is 0.00432. The molecule has 0 saturated heterocycles. The van der Waals surface area contributed by atoms with Crippen LogP contribution in [0.15, 0.2) is 47.9 Å². The molecular formula is C24H22Cl2N4O4. The second-order valence-corrected chi connectivity index (χ2v) is 8.94. The second-order valence-electron chi connectivity index (χ2n) is 8.10. The van der Waals surface area contributed by atoms with E-state index in [4.69, 9.17) is 37.4 Å². The van der Waals surface area contributed by atoms with E-state index >= 15 is 0 Å². The van der Waals surface area contributed by atoms with Crippen LogP contribution in [0, 0.1) is 0 Å². The van der Waals surface area contributed by atoms with Crippen molar-refractivity contribution in [2.75, 3.05) is 26.6 Å². The van der Waals surface area contributed by atoms with Gasteiger partial charge < -0.3 is 19.5 Å². The fraction of sp³-hybridized carbons (Fsp3) is 0.292. The molecule has 3 aromatic rings. The van der Waals surface area contributed by atoms with E-state index in [1.807, 2.05) is 18.2 Å². The largest absolute Gasteiger partial charge is 0.493 e. The number of nitrogens with one attached hydrogen (secondary N) is 1. The average molecular weight is 501 g/mol. The van der Waals surface area contributed by atoms with Gasteiger partial charge in [-0.2, -0.15) is 10.1 Å². The molecule has 0 fully saturated rings. The molecule has 1 aliphatic heterocycles. The van der Waals surface area contributed by atoms with Crippen LogP contribution in [0.3, 0.4) is 0 Å². The summed E-state index contributed by atoms with van der Waals surface area (Å²) in [5.41, 5.74) is 3.09. The van der Waals surface area contributed by atoms with E-state index in [-0.39, 0.29) is 11.7 Å². The lowest BCUT2D eigenvalue weighted by atomic mass is 9.77. The molecule has 2 aromatic carbocycles. The average Bonchev–Trinajstić information content (AvgIpc) is 3.30. The third kappa shape index (κ3) is 3.67. The Morgan fingerprint density at radius 2 is 1.76 bits per heavy atom. The standard InChI is InChI=1S/C24H22Cl2N4O4/c1-32-19-8-13(9-20(33-2)23(19)34-3)12-6-17-21(18(31)7-12)22(30-24(29-17)27-11-28-30)15-5-4-14(25)10-16(15)26/h4-5,8-12,22H,6-7H2,1-3H3,(H,27,28,29)/t12-,22+/m0/s1. The summed E-state index contributed by atoms with van der Waals surface area (Å²) >= 11 is 12.7. The molecule has 2 atom stereocenters. The number of aromatic nitrogens is 3. The highest BCUT2D eigenvalue weighted by Crippen LogP contribution is 2.47. The second kappa shape index (κ2) is 8.85. The maximum atomic E-state index is 13.6. The van der Waals surface area contributed by atoms with Crippen LogP contribution in [0.1, 0.15) is 35.9 Å². The number of anilines is 1. The summed E-state index contributed by atoms with van der Waals surface area (Å²) in [6, 6.07) is 8.55. The van der Waals surface area contributed by atoms with Gasteiger partial charge in [0.1, 0.15) is 12.4 Å². The number of carbonyl (C=O) groups excluding carboxylic acids is 1. The van der Waals surface area contributed by atoms with Gasteiger partial charge >= 0.3 is 0 Å². The summed E-state index contributed by atoms with van der Waals surface area (Å²) < 4.78 is 18.2. The first-order chi connectivity index (χ1) is 16.4. The summed E-state index contributed by atoms with van der Waals surface area (Å²) in [5.74, 6) is 2.07. The molecule has 0 unspecified atom stereocenters. The van der Waals surface area contributed by atoms with E-state index in [2.05, 4.69) is 15.4 Å². The number of allylic oxidation sites excluding steroid dienone is 2. The highest BCUT2D eigenvalue weighted by molar-refractivity contribution is 6.35. The van der Waals surface area contributed by atoms with Crippen molar-refractivity contribution in [2.24, 2.45) is 0 Å². The zero-order valence-electron chi connectivity index (χ0n) is 18.8. The van der Waals surface area contributed by atoms with Crippen molar-refractivity contribution < 1.29 is 19.0 Å². The molecule has 0 spiro atoms. The Kier molecular flexibility index (Phi) is 5.87. The van der Waals surface area contributed by atoms with Gasteiger partial charge in [0.2, 0.25) is 11.7 Å². The zero-order chi connectivity index (χ0) is 24.0. The van der Waals surface area contributed by atoms with Gasteiger partial charge in [-0.3, -0.25) is 4.79 Å². The number of halogens is 2. The van der Waals surface area contributed by atoms with Crippen molar-refractivity contribution in [1.29, 1.82) is 0 Å². The molecule has 5 rings (SSSR count). The smallest absolute Gasteiger partial charge is 0.226 e. The van der Waals surface area contributed by atoms with E-state index in [1.165, 1.54) is 6.33 Å². The molecule has 1 N–H and O–H groups in total. The third-order valence-electron chi connectivity index (χ3n) is 6.28. The number of benzene rings is 2. The Bertz CT molecular complexity index is 1300. The van der Waals surface area contributed by atoms with Crippen molar-refractivity contribution in [1.82, 2.24) is 14.8 Å². The van der Waals surface area contributed by atoms with Crippen LogP contribution in [0.5, 0.6) is 17.2 Å². The quantitative estimate of drug-likeness (QED) is 0.525. The molecule has 0 amide bonds. The van der Waals surface area contributed by atoms with Crippen LogP contribution in [0.25, 0.3) is 0 Å². The first kappa shape index (κ1) is 22.6. The van der Waals surface area contributed by atoms with Crippen LogP contribution in [0.4, 0.5) is 5.95 Å². The fourth-order valence-corrected chi connectivity index (χ4v) is 5.25. The molecule has 176 valence electrons. The molecule has 1 aliphatic carbocycles. The molecule has 8 nitrogen and oxygen atoms in total. The Hall–Kier alpha value is -3.23. The maximum absolute atomic E-state index is 13.6. The van der Waals surface area contributed by atoms with E-state index < -0.39 is 6.04 Å². The Labute approximate surface area is 206 Å². The van der Waals surface area contributed by atoms with Crippen LogP contribution >= 0.6 is 23.2 Å². The summed E-state index contributed by atoms with van der Waals surface area (Å²) in [6.45, 7) is 0. The SMILES string of the molecule is COc1cc([C@@H]2CC(=O)C3=C(C2)Nc2ncnn2[C@@H]3c2ccc(Cl)cc2Cl)cc(OC)c1OC. The number of carbonyl (C=O) groups is 1. The number of nitrogens with zero attached hydrogens (tertiary/aromatic N) is 3. The highest BCUT2D eigenvalue weighted by atomic mass is 35.5. The fourth-order valence-electron chi connectivity index (χ4n) is 4.74. The van der Waals surface area contributed by atoms with Crippen molar-refractivity contribution in [2.45, 2.75) is 24.8 Å². The van der Waals surface area contributed by atoms with Gasteiger partial charge in [0.15, 0.2) is 17.3 Å². The third-order valence-corrected chi connectivity index (χ3v) is 6.84. The molecule has 10 heteroatoms. The van der Waals surface area contributed by atoms with Crippen LogP contribution in [-0.4, -0.2) is 41.9 Å². The van der Waals surface area contributed by atoms with Gasteiger partial charge in [-0.1, -0.05) is 29.3 Å². The highest BCUT2D eigenvalue weighted by Gasteiger charge is 2.40. The number of rotatable bonds is 5. The van der Waals surface area contributed by atoms with Gasteiger partial charge in [-0.25, -0.2) is 4.68 Å². The molecule has 34 heavy (non-hydrogen) atoms. The molecule has 1 aromatic heterocycles. The predicted octanol–water partition coefficient (Wildman–Crippen LogP) is 5.03. The normalized spacial score (nSPS) is 19.3. The molecular weight excluding hydrogens is 479 g/mol. The van der Waals surface area contributed by atoms with Gasteiger partial charge in [-0.15, -0.1) is 0 Å². The monoisotopic (exact) mass is 500 g/mol. The van der Waals surface area contributed by atoms with Crippen molar-refractivity contribution in [3.8, 4) is 17.2 Å². The number of ether oxygens (including phenoxy) is 3. The maximum Gasteiger partial charge on any atom is 0.226 e. The van der Waals surface area contributed by atoms with Crippen LogP contribution in [0.2, 0.25) is 10.0 Å². The van der Waals surface area contributed by atoms with Gasteiger partial charge in [0.05, 0.1) is 21.3 Å². The number of Topliss-reactive ketones (excluding diaryl/α,β-unsaturated/α-hetero) is 1. The van der Waals surface area contributed by atoms with Crippen molar-refractivity contribution in [3.05, 3.63) is 69.1 Å². The van der Waals surface area contributed by atoms with E-state index in [0.717, 1.165) is 16.8 Å². The summed E-state index contributed by atoms with van der Waals surface area (Å²) in [7, 11) is 4.71. The number of hydrogen-bond donors (Lipinski definition) is 1. The first-order valence-electron chi connectivity index (χ1n) is 10.6. The van der Waals surface area contributed by atoms with E-state index in [1.54, 1.807) is 38.1 Å². The molecule has 0 bridgehead atoms. The first-order valence-corrected chi connectivity index (χ1v) is 11.4. The molecule has 2 heterocycles. The predicted molar refractivity (Wildman–Crippen MR) is 128 cm³/mol. The summed E-state index contributed by atoms with van der Waals surface area (Å²) in [4.78, 5) is 18.0. The number of fused-ring (bicyclic) bond motifs is 1.